The Labute approximate surface area is 95.6 Å². The van der Waals surface area contributed by atoms with E-state index in [2.05, 4.69) is 10.6 Å². The van der Waals surface area contributed by atoms with E-state index >= 15 is 0 Å². The molecule has 3 N–H and O–H groups in total. The highest BCUT2D eigenvalue weighted by atomic mass is 16.4. The summed E-state index contributed by atoms with van der Waals surface area (Å²) >= 11 is 0. The van der Waals surface area contributed by atoms with Crippen molar-refractivity contribution in [1.82, 2.24) is 10.6 Å². The van der Waals surface area contributed by atoms with Gasteiger partial charge in [0.15, 0.2) is 0 Å². The van der Waals surface area contributed by atoms with Crippen LogP contribution in [-0.4, -0.2) is 30.2 Å². The van der Waals surface area contributed by atoms with E-state index in [1.54, 1.807) is 6.92 Å². The lowest BCUT2D eigenvalue weighted by Crippen LogP contribution is -2.37. The second-order valence-corrected chi connectivity index (χ2v) is 4.46. The van der Waals surface area contributed by atoms with Gasteiger partial charge in [-0.15, -0.1) is 0 Å². The van der Waals surface area contributed by atoms with Gasteiger partial charge in [0.1, 0.15) is 0 Å². The minimum absolute atomic E-state index is 0.144. The molecule has 0 aromatic rings. The van der Waals surface area contributed by atoms with Crippen molar-refractivity contribution in [3.63, 3.8) is 0 Å². The van der Waals surface area contributed by atoms with Crippen LogP contribution in [0.25, 0.3) is 0 Å². The standard InChI is InChI=1S/C11H20N2O3/c1-8(10(14)15)3-2-6-12-11(16)13-7-9-4-5-9/h8-9H,2-7H2,1H3,(H,14,15)(H2,12,13,16). The van der Waals surface area contributed by atoms with Crippen LogP contribution in [0.5, 0.6) is 0 Å². The van der Waals surface area contributed by atoms with E-state index in [1.807, 2.05) is 0 Å². The first-order valence-electron chi connectivity index (χ1n) is 5.84. The lowest BCUT2D eigenvalue weighted by atomic mass is 10.1. The number of hydrogen-bond donors (Lipinski definition) is 3. The second kappa shape index (κ2) is 6.35. The molecular weight excluding hydrogens is 208 g/mol. The summed E-state index contributed by atoms with van der Waals surface area (Å²) in [5.41, 5.74) is 0. The van der Waals surface area contributed by atoms with Crippen LogP contribution < -0.4 is 10.6 Å². The third kappa shape index (κ3) is 5.58. The van der Waals surface area contributed by atoms with Gasteiger partial charge >= 0.3 is 12.0 Å². The Hall–Kier alpha value is -1.26. The number of carboxylic acids is 1. The van der Waals surface area contributed by atoms with E-state index < -0.39 is 5.97 Å². The minimum Gasteiger partial charge on any atom is -0.481 e. The van der Waals surface area contributed by atoms with Crippen molar-refractivity contribution >= 4 is 12.0 Å². The Kier molecular flexibility index (Phi) is 5.08. The Balaban J connectivity index is 1.92. The molecule has 1 aliphatic carbocycles. The molecule has 1 atom stereocenters. The average Bonchev–Trinajstić information content (AvgIpc) is 3.04. The Morgan fingerprint density at radius 3 is 2.62 bits per heavy atom. The lowest BCUT2D eigenvalue weighted by molar-refractivity contribution is -0.141. The van der Waals surface area contributed by atoms with Crippen molar-refractivity contribution in [1.29, 1.82) is 0 Å². The number of carbonyl (C=O) groups excluding carboxylic acids is 1. The Morgan fingerprint density at radius 2 is 2.06 bits per heavy atom. The van der Waals surface area contributed by atoms with Gasteiger partial charge in [-0.3, -0.25) is 4.79 Å². The Bertz CT molecular complexity index is 252. The molecule has 1 aliphatic rings. The summed E-state index contributed by atoms with van der Waals surface area (Å²) in [6, 6.07) is -0.144. The highest BCUT2D eigenvalue weighted by Gasteiger charge is 2.21. The fourth-order valence-corrected chi connectivity index (χ4v) is 1.36. The van der Waals surface area contributed by atoms with E-state index in [1.165, 1.54) is 12.8 Å². The zero-order chi connectivity index (χ0) is 12.0. The van der Waals surface area contributed by atoms with Gasteiger partial charge < -0.3 is 15.7 Å². The smallest absolute Gasteiger partial charge is 0.314 e. The van der Waals surface area contributed by atoms with Gasteiger partial charge in [-0.1, -0.05) is 6.92 Å². The summed E-state index contributed by atoms with van der Waals surface area (Å²) in [5, 5.41) is 14.1. The number of rotatable bonds is 7. The molecule has 1 unspecified atom stereocenters. The van der Waals surface area contributed by atoms with Crippen molar-refractivity contribution in [2.75, 3.05) is 13.1 Å². The molecule has 0 radical (unpaired) electrons. The molecule has 0 heterocycles. The zero-order valence-electron chi connectivity index (χ0n) is 9.66. The second-order valence-electron chi connectivity index (χ2n) is 4.46. The average molecular weight is 228 g/mol. The van der Waals surface area contributed by atoms with Crippen LogP contribution in [0.15, 0.2) is 0 Å². The van der Waals surface area contributed by atoms with Crippen molar-refractivity contribution in [3.8, 4) is 0 Å². The van der Waals surface area contributed by atoms with Crippen LogP contribution in [0.3, 0.4) is 0 Å². The lowest BCUT2D eigenvalue weighted by Gasteiger charge is -2.08. The highest BCUT2D eigenvalue weighted by molar-refractivity contribution is 5.73. The number of hydrogen-bond acceptors (Lipinski definition) is 2. The maximum absolute atomic E-state index is 11.2. The summed E-state index contributed by atoms with van der Waals surface area (Å²) in [6.07, 6.45) is 3.73. The number of urea groups is 1. The van der Waals surface area contributed by atoms with Gasteiger partial charge in [-0.25, -0.2) is 4.79 Å². The summed E-state index contributed by atoms with van der Waals surface area (Å²) in [6.45, 7) is 2.97. The maximum atomic E-state index is 11.2. The first kappa shape index (κ1) is 12.8. The molecule has 1 rings (SSSR count). The normalized spacial score (nSPS) is 16.6. The molecule has 1 fully saturated rings. The molecular formula is C11H20N2O3. The van der Waals surface area contributed by atoms with Gasteiger partial charge in [0.05, 0.1) is 5.92 Å². The highest BCUT2D eigenvalue weighted by Crippen LogP contribution is 2.27. The van der Waals surface area contributed by atoms with Gasteiger partial charge in [-0.05, 0) is 31.6 Å². The van der Waals surface area contributed by atoms with Crippen LogP contribution >= 0.6 is 0 Å². The minimum atomic E-state index is -0.779. The van der Waals surface area contributed by atoms with Crippen molar-refractivity contribution < 1.29 is 14.7 Å². The predicted molar refractivity (Wildman–Crippen MR) is 60.2 cm³/mol. The number of carbonyl (C=O) groups is 2. The molecule has 16 heavy (non-hydrogen) atoms. The molecule has 0 bridgehead atoms. The molecule has 1 saturated carbocycles. The first-order chi connectivity index (χ1) is 7.59. The van der Waals surface area contributed by atoms with Gasteiger partial charge in [0.2, 0.25) is 0 Å². The third-order valence-corrected chi connectivity index (χ3v) is 2.77. The van der Waals surface area contributed by atoms with Crippen molar-refractivity contribution in [2.24, 2.45) is 11.8 Å². The van der Waals surface area contributed by atoms with Gasteiger partial charge in [0, 0.05) is 13.1 Å². The topological polar surface area (TPSA) is 78.4 Å². The molecule has 0 spiro atoms. The van der Waals surface area contributed by atoms with E-state index in [-0.39, 0.29) is 11.9 Å². The van der Waals surface area contributed by atoms with Gasteiger partial charge in [0.25, 0.3) is 0 Å². The Morgan fingerprint density at radius 1 is 1.38 bits per heavy atom. The van der Waals surface area contributed by atoms with Crippen LogP contribution in [0.4, 0.5) is 4.79 Å². The fourth-order valence-electron chi connectivity index (χ4n) is 1.36. The van der Waals surface area contributed by atoms with Crippen LogP contribution in [-0.2, 0) is 4.79 Å². The molecule has 2 amide bonds. The molecule has 0 aliphatic heterocycles. The summed E-state index contributed by atoms with van der Waals surface area (Å²) < 4.78 is 0. The summed E-state index contributed by atoms with van der Waals surface area (Å²) in [4.78, 5) is 21.7. The molecule has 0 saturated heterocycles. The zero-order valence-corrected chi connectivity index (χ0v) is 9.66. The number of nitrogens with one attached hydrogen (secondary N) is 2. The summed E-state index contributed by atoms with van der Waals surface area (Å²) in [7, 11) is 0. The molecule has 0 aromatic carbocycles. The van der Waals surface area contributed by atoms with Gasteiger partial charge in [-0.2, -0.15) is 0 Å². The van der Waals surface area contributed by atoms with Crippen molar-refractivity contribution in [3.05, 3.63) is 0 Å². The van der Waals surface area contributed by atoms with Crippen LogP contribution in [0.2, 0.25) is 0 Å². The molecule has 0 aromatic heterocycles. The van der Waals surface area contributed by atoms with Crippen LogP contribution in [0, 0.1) is 11.8 Å². The predicted octanol–water partition coefficient (Wildman–Crippen LogP) is 1.20. The number of carboxylic acid groups (broad SMARTS) is 1. The fraction of sp³-hybridized carbons (Fsp3) is 0.818. The van der Waals surface area contributed by atoms with Crippen molar-refractivity contribution in [2.45, 2.75) is 32.6 Å². The van der Waals surface area contributed by atoms with Crippen LogP contribution in [0.1, 0.15) is 32.6 Å². The van der Waals surface area contributed by atoms with E-state index in [9.17, 15) is 9.59 Å². The maximum Gasteiger partial charge on any atom is 0.314 e. The molecule has 5 nitrogen and oxygen atoms in total. The molecule has 92 valence electrons. The number of aliphatic carboxylic acids is 1. The first-order valence-corrected chi connectivity index (χ1v) is 5.84. The monoisotopic (exact) mass is 228 g/mol. The number of amides is 2. The van der Waals surface area contributed by atoms with E-state index in [4.69, 9.17) is 5.11 Å². The molecule has 5 heteroatoms. The SMILES string of the molecule is CC(CCCNC(=O)NCC1CC1)C(=O)O. The largest absolute Gasteiger partial charge is 0.481 e. The van der Waals surface area contributed by atoms with E-state index in [0.29, 0.717) is 25.3 Å². The quantitative estimate of drug-likeness (QED) is 0.573. The summed E-state index contributed by atoms with van der Waals surface area (Å²) in [5.74, 6) is -0.438. The third-order valence-electron chi connectivity index (χ3n) is 2.77. The van der Waals surface area contributed by atoms with E-state index in [0.717, 1.165) is 6.54 Å².